The van der Waals surface area contributed by atoms with Crippen molar-refractivity contribution in [1.82, 2.24) is 0 Å². The summed E-state index contributed by atoms with van der Waals surface area (Å²) in [6.45, 7) is 6.38. The first-order valence-electron chi connectivity index (χ1n) is 24.1. The third kappa shape index (κ3) is 45.5. The summed E-state index contributed by atoms with van der Waals surface area (Å²) in [4.78, 5) is 37.8. The van der Waals surface area contributed by atoms with Crippen molar-refractivity contribution in [2.45, 2.75) is 219 Å². The van der Waals surface area contributed by atoms with Gasteiger partial charge in [-0.25, -0.2) is 0 Å². The molecule has 0 amide bonds. The molecule has 0 saturated carbocycles. The lowest BCUT2D eigenvalue weighted by Gasteiger charge is -2.18. The van der Waals surface area contributed by atoms with Gasteiger partial charge in [0.25, 0.3) is 0 Å². The Bertz CT molecular complexity index is 1170. The molecule has 1 unspecified atom stereocenters. The van der Waals surface area contributed by atoms with Gasteiger partial charge in [0, 0.05) is 19.3 Å². The number of ether oxygens (including phenoxy) is 3. The van der Waals surface area contributed by atoms with Gasteiger partial charge in [0.2, 0.25) is 0 Å². The van der Waals surface area contributed by atoms with Crippen LogP contribution in [0.1, 0.15) is 213 Å². The summed E-state index contributed by atoms with van der Waals surface area (Å²) in [6, 6.07) is 0. The molecule has 0 aromatic rings. The van der Waals surface area contributed by atoms with Crippen molar-refractivity contribution in [3.63, 3.8) is 0 Å². The minimum atomic E-state index is -0.803. The van der Waals surface area contributed by atoms with Crippen LogP contribution < -0.4 is 0 Å². The third-order valence-electron chi connectivity index (χ3n) is 9.85. The molecule has 0 aromatic carbocycles. The molecule has 0 heterocycles. The van der Waals surface area contributed by atoms with Crippen LogP contribution in [0.2, 0.25) is 0 Å². The number of hydrogen-bond acceptors (Lipinski definition) is 6. The second-order valence-electron chi connectivity index (χ2n) is 15.6. The molecular formula is C53H88O6. The zero-order chi connectivity index (χ0) is 43.0. The Labute approximate surface area is 363 Å². The molecule has 0 aliphatic carbocycles. The lowest BCUT2D eigenvalue weighted by atomic mass is 10.1. The van der Waals surface area contributed by atoms with Crippen LogP contribution in [0.5, 0.6) is 0 Å². The average molecular weight is 821 g/mol. The average Bonchev–Trinajstić information content (AvgIpc) is 3.23. The topological polar surface area (TPSA) is 78.9 Å². The molecule has 0 bridgehead atoms. The Morgan fingerprint density at radius 2 is 0.678 bits per heavy atom. The highest BCUT2D eigenvalue weighted by molar-refractivity contribution is 5.71. The Kier molecular flexibility index (Phi) is 44.5. The predicted octanol–water partition coefficient (Wildman–Crippen LogP) is 15.6. The maximum absolute atomic E-state index is 12.7. The SMILES string of the molecule is CC/C=C\C/C=C\C/C=C\C/C=C\CCCCC(=O)OCC(COC(=O)CCCCCCC/C=C\CCCCC)OC(=O)CCCCCCC/C=C\C/C=C\CCCC. The summed E-state index contributed by atoms with van der Waals surface area (Å²) < 4.78 is 16.7. The maximum Gasteiger partial charge on any atom is 0.306 e. The summed E-state index contributed by atoms with van der Waals surface area (Å²) in [5, 5.41) is 0. The fourth-order valence-electron chi connectivity index (χ4n) is 6.21. The number of rotatable bonds is 42. The van der Waals surface area contributed by atoms with Crippen molar-refractivity contribution >= 4 is 17.9 Å². The van der Waals surface area contributed by atoms with Gasteiger partial charge in [-0.15, -0.1) is 0 Å². The minimum Gasteiger partial charge on any atom is -0.462 e. The van der Waals surface area contributed by atoms with Gasteiger partial charge in [-0.1, -0.05) is 170 Å². The van der Waals surface area contributed by atoms with Crippen LogP contribution in [0.4, 0.5) is 0 Å². The number of allylic oxidation sites excluding steroid dienone is 14. The predicted molar refractivity (Wildman–Crippen MR) is 251 cm³/mol. The maximum atomic E-state index is 12.7. The van der Waals surface area contributed by atoms with Crippen LogP contribution in [0, 0.1) is 0 Å². The first-order chi connectivity index (χ1) is 29.0. The first kappa shape index (κ1) is 55.6. The lowest BCUT2D eigenvalue weighted by Crippen LogP contribution is -2.30. The van der Waals surface area contributed by atoms with E-state index >= 15 is 0 Å². The van der Waals surface area contributed by atoms with Crippen molar-refractivity contribution < 1.29 is 28.6 Å². The quantitative estimate of drug-likeness (QED) is 0.0264. The van der Waals surface area contributed by atoms with Gasteiger partial charge in [0.15, 0.2) is 6.10 Å². The van der Waals surface area contributed by atoms with Gasteiger partial charge in [-0.05, 0) is 109 Å². The summed E-state index contributed by atoms with van der Waals surface area (Å²) in [7, 11) is 0. The molecule has 0 rings (SSSR count). The number of carbonyl (C=O) groups is 3. The largest absolute Gasteiger partial charge is 0.462 e. The zero-order valence-corrected chi connectivity index (χ0v) is 38.2. The normalized spacial score (nSPS) is 12.8. The molecule has 1 atom stereocenters. The van der Waals surface area contributed by atoms with Crippen molar-refractivity contribution in [1.29, 1.82) is 0 Å². The van der Waals surface area contributed by atoms with E-state index in [0.717, 1.165) is 122 Å². The summed E-state index contributed by atoms with van der Waals surface area (Å²) in [5.41, 5.74) is 0. The molecule has 0 aliphatic heterocycles. The van der Waals surface area contributed by atoms with Crippen molar-refractivity contribution in [2.75, 3.05) is 13.2 Å². The lowest BCUT2D eigenvalue weighted by molar-refractivity contribution is -0.167. The Hall–Kier alpha value is -3.41. The molecule has 0 N–H and O–H groups in total. The molecular weight excluding hydrogens is 733 g/mol. The van der Waals surface area contributed by atoms with E-state index in [1.807, 2.05) is 0 Å². The van der Waals surface area contributed by atoms with E-state index in [9.17, 15) is 14.4 Å². The molecule has 0 spiro atoms. The highest BCUT2D eigenvalue weighted by Gasteiger charge is 2.19. The molecule has 6 heteroatoms. The Balaban J connectivity index is 4.50. The second kappa shape index (κ2) is 47.3. The van der Waals surface area contributed by atoms with E-state index in [2.05, 4.69) is 106 Å². The molecule has 0 aromatic heterocycles. The monoisotopic (exact) mass is 821 g/mol. The molecule has 0 saturated heterocycles. The number of unbranched alkanes of at least 4 members (excludes halogenated alkanes) is 17. The van der Waals surface area contributed by atoms with Crippen LogP contribution in [-0.2, 0) is 28.6 Å². The summed E-state index contributed by atoms with van der Waals surface area (Å²) in [6.07, 6.45) is 59.9. The summed E-state index contributed by atoms with van der Waals surface area (Å²) in [5.74, 6) is -0.972. The number of hydrogen-bond donors (Lipinski definition) is 0. The van der Waals surface area contributed by atoms with Crippen molar-refractivity contribution in [2.24, 2.45) is 0 Å². The molecule has 336 valence electrons. The van der Waals surface area contributed by atoms with Crippen LogP contribution >= 0.6 is 0 Å². The summed E-state index contributed by atoms with van der Waals surface area (Å²) >= 11 is 0. The highest BCUT2D eigenvalue weighted by atomic mass is 16.6. The van der Waals surface area contributed by atoms with Crippen molar-refractivity contribution in [3.8, 4) is 0 Å². The second-order valence-corrected chi connectivity index (χ2v) is 15.6. The van der Waals surface area contributed by atoms with Gasteiger partial charge in [-0.2, -0.15) is 0 Å². The fourth-order valence-corrected chi connectivity index (χ4v) is 6.21. The molecule has 6 nitrogen and oxygen atoms in total. The molecule has 0 radical (unpaired) electrons. The third-order valence-corrected chi connectivity index (χ3v) is 9.85. The van der Waals surface area contributed by atoms with Crippen LogP contribution in [-0.4, -0.2) is 37.2 Å². The fraction of sp³-hybridized carbons (Fsp3) is 0.679. The standard InChI is InChI=1S/C53H88O6/c1-4-7-10-13-16-19-22-25-27-29-31-34-37-40-43-46-52(55)58-49-50(48-57-51(54)45-42-39-36-33-30-24-21-18-15-12-9-6-3)59-53(56)47-44-41-38-35-32-28-26-23-20-17-14-11-8-5-2/h7,10,14,16-19,21,23,25-27,31,34,50H,4-6,8-9,11-13,15,20,22,24,28-30,32-33,35-49H2,1-3H3/b10-7-,17-14-,19-16-,21-18-,26-23-,27-25-,34-31-. The van der Waals surface area contributed by atoms with Crippen LogP contribution in [0.15, 0.2) is 85.1 Å². The zero-order valence-electron chi connectivity index (χ0n) is 38.2. The van der Waals surface area contributed by atoms with Gasteiger partial charge in [0.05, 0.1) is 0 Å². The minimum absolute atomic E-state index is 0.101. The Morgan fingerprint density at radius 1 is 0.356 bits per heavy atom. The van der Waals surface area contributed by atoms with E-state index in [1.54, 1.807) is 0 Å². The van der Waals surface area contributed by atoms with Gasteiger partial charge in [-0.3, -0.25) is 14.4 Å². The number of esters is 3. The van der Waals surface area contributed by atoms with E-state index in [0.29, 0.717) is 19.3 Å². The molecule has 59 heavy (non-hydrogen) atoms. The van der Waals surface area contributed by atoms with E-state index in [-0.39, 0.29) is 31.1 Å². The van der Waals surface area contributed by atoms with Gasteiger partial charge >= 0.3 is 17.9 Å². The number of carbonyl (C=O) groups excluding carboxylic acids is 3. The smallest absolute Gasteiger partial charge is 0.306 e. The van der Waals surface area contributed by atoms with Crippen LogP contribution in [0.3, 0.4) is 0 Å². The Morgan fingerprint density at radius 3 is 1.14 bits per heavy atom. The van der Waals surface area contributed by atoms with E-state index < -0.39 is 6.10 Å². The van der Waals surface area contributed by atoms with Crippen LogP contribution in [0.25, 0.3) is 0 Å². The first-order valence-corrected chi connectivity index (χ1v) is 24.1. The van der Waals surface area contributed by atoms with Gasteiger partial charge < -0.3 is 14.2 Å². The van der Waals surface area contributed by atoms with E-state index in [4.69, 9.17) is 14.2 Å². The van der Waals surface area contributed by atoms with Gasteiger partial charge in [0.1, 0.15) is 13.2 Å². The van der Waals surface area contributed by atoms with Crippen molar-refractivity contribution in [3.05, 3.63) is 85.1 Å². The highest BCUT2D eigenvalue weighted by Crippen LogP contribution is 2.12. The molecule has 0 fully saturated rings. The van der Waals surface area contributed by atoms with E-state index in [1.165, 1.54) is 51.4 Å². The molecule has 0 aliphatic rings.